The van der Waals surface area contributed by atoms with Crippen molar-refractivity contribution in [3.8, 4) is 0 Å². The minimum atomic E-state index is -0.380. The zero-order chi connectivity index (χ0) is 23.5. The number of carbonyl (C=O) groups is 4. The lowest BCUT2D eigenvalue weighted by molar-refractivity contribution is 0.0535. The maximum absolute atomic E-state index is 13.1. The van der Waals surface area contributed by atoms with Gasteiger partial charge >= 0.3 is 0 Å². The van der Waals surface area contributed by atoms with Crippen LogP contribution in [0.1, 0.15) is 53.4 Å². The predicted octanol–water partition coefficient (Wildman–Crippen LogP) is 2.23. The van der Waals surface area contributed by atoms with E-state index in [2.05, 4.69) is 0 Å². The van der Waals surface area contributed by atoms with Gasteiger partial charge in [-0.15, -0.1) is 0 Å². The molecule has 0 aliphatic carbocycles. The Morgan fingerprint density at radius 1 is 0.879 bits per heavy atom. The lowest BCUT2D eigenvalue weighted by Crippen LogP contribution is -2.50. The van der Waals surface area contributed by atoms with Gasteiger partial charge in [0.15, 0.2) is 0 Å². The molecule has 33 heavy (non-hydrogen) atoms. The standard InChI is InChI=1S/C25H27N3O5/c1-17-6-3-4-7-19(17)23(30)27-13-11-26(12-14-27)22(29)18-8-9-20-21(16-18)25(32)28(24(20)31)10-5-15-33-2/h3-4,6-9,16H,5,10-15H2,1-2H3. The fourth-order valence-electron chi connectivity index (χ4n) is 4.27. The molecule has 0 atom stereocenters. The van der Waals surface area contributed by atoms with E-state index in [1.165, 1.54) is 11.0 Å². The Morgan fingerprint density at radius 2 is 1.52 bits per heavy atom. The molecule has 4 amide bonds. The summed E-state index contributed by atoms with van der Waals surface area (Å²) in [6.07, 6.45) is 0.555. The smallest absolute Gasteiger partial charge is 0.261 e. The van der Waals surface area contributed by atoms with Gasteiger partial charge in [-0.3, -0.25) is 24.1 Å². The Balaban J connectivity index is 1.41. The molecule has 0 unspecified atom stereocenters. The number of hydrogen-bond donors (Lipinski definition) is 0. The molecule has 2 aliphatic heterocycles. The van der Waals surface area contributed by atoms with Gasteiger partial charge in [-0.25, -0.2) is 0 Å². The summed E-state index contributed by atoms with van der Waals surface area (Å²) in [5.74, 6) is -0.961. The van der Waals surface area contributed by atoms with Gasteiger partial charge in [-0.2, -0.15) is 0 Å². The second-order valence-corrected chi connectivity index (χ2v) is 8.27. The third kappa shape index (κ3) is 4.39. The number of rotatable bonds is 6. The van der Waals surface area contributed by atoms with E-state index in [0.717, 1.165) is 5.56 Å². The first-order chi connectivity index (χ1) is 15.9. The SMILES string of the molecule is COCCCN1C(=O)c2ccc(C(=O)N3CCN(C(=O)c4ccccc4C)CC3)cc2C1=O. The number of benzene rings is 2. The van der Waals surface area contributed by atoms with Gasteiger partial charge in [-0.05, 0) is 43.2 Å². The zero-order valence-corrected chi connectivity index (χ0v) is 18.9. The highest BCUT2D eigenvalue weighted by Crippen LogP contribution is 2.25. The molecule has 1 saturated heterocycles. The summed E-state index contributed by atoms with van der Waals surface area (Å²) in [4.78, 5) is 55.8. The van der Waals surface area contributed by atoms with Gasteiger partial charge in [0.2, 0.25) is 0 Å². The van der Waals surface area contributed by atoms with Crippen LogP contribution < -0.4 is 0 Å². The first-order valence-electron chi connectivity index (χ1n) is 11.1. The number of hydrogen-bond acceptors (Lipinski definition) is 5. The molecule has 172 valence electrons. The topological polar surface area (TPSA) is 87.2 Å². The highest BCUT2D eigenvalue weighted by Gasteiger charge is 2.36. The molecule has 1 fully saturated rings. The van der Waals surface area contributed by atoms with E-state index < -0.39 is 0 Å². The summed E-state index contributed by atoms with van der Waals surface area (Å²) in [5, 5.41) is 0. The maximum Gasteiger partial charge on any atom is 0.261 e. The van der Waals surface area contributed by atoms with Crippen LogP contribution >= 0.6 is 0 Å². The Hall–Kier alpha value is -3.52. The van der Waals surface area contributed by atoms with Crippen molar-refractivity contribution in [2.75, 3.05) is 46.4 Å². The summed E-state index contributed by atoms with van der Waals surface area (Å²) in [5.41, 5.74) is 2.55. The Kier molecular flexibility index (Phi) is 6.55. The molecule has 4 rings (SSSR count). The van der Waals surface area contributed by atoms with Gasteiger partial charge in [0.25, 0.3) is 23.6 Å². The van der Waals surface area contributed by atoms with Gasteiger partial charge in [0.1, 0.15) is 0 Å². The van der Waals surface area contributed by atoms with Crippen LogP contribution in [0.15, 0.2) is 42.5 Å². The molecule has 0 aromatic heterocycles. The third-order valence-electron chi connectivity index (χ3n) is 6.18. The van der Waals surface area contributed by atoms with Crippen LogP contribution in [-0.2, 0) is 4.74 Å². The van der Waals surface area contributed by atoms with Crippen molar-refractivity contribution in [1.29, 1.82) is 0 Å². The Morgan fingerprint density at radius 3 is 2.18 bits per heavy atom. The van der Waals surface area contributed by atoms with Gasteiger partial charge in [0.05, 0.1) is 11.1 Å². The maximum atomic E-state index is 13.1. The summed E-state index contributed by atoms with van der Waals surface area (Å²) >= 11 is 0. The number of methoxy groups -OCH3 is 1. The molecular formula is C25H27N3O5. The van der Waals surface area contributed by atoms with Crippen LogP contribution in [0.25, 0.3) is 0 Å². The van der Waals surface area contributed by atoms with Crippen molar-refractivity contribution < 1.29 is 23.9 Å². The highest BCUT2D eigenvalue weighted by atomic mass is 16.5. The van der Waals surface area contributed by atoms with E-state index in [0.29, 0.717) is 55.9 Å². The van der Waals surface area contributed by atoms with Crippen LogP contribution in [0.2, 0.25) is 0 Å². The van der Waals surface area contributed by atoms with E-state index in [9.17, 15) is 19.2 Å². The average Bonchev–Trinajstić information content (AvgIpc) is 3.08. The summed E-state index contributed by atoms with van der Waals surface area (Å²) in [6.45, 7) is 4.33. The highest BCUT2D eigenvalue weighted by molar-refractivity contribution is 6.22. The van der Waals surface area contributed by atoms with Crippen molar-refractivity contribution in [2.24, 2.45) is 0 Å². The summed E-state index contributed by atoms with van der Waals surface area (Å²) in [6, 6.07) is 12.1. The molecule has 0 saturated carbocycles. The number of fused-ring (bicyclic) bond motifs is 1. The second-order valence-electron chi connectivity index (χ2n) is 8.27. The summed E-state index contributed by atoms with van der Waals surface area (Å²) in [7, 11) is 1.57. The number of amides is 4. The molecule has 0 bridgehead atoms. The first kappa shape index (κ1) is 22.7. The van der Waals surface area contributed by atoms with Crippen LogP contribution in [0.3, 0.4) is 0 Å². The Labute approximate surface area is 192 Å². The van der Waals surface area contributed by atoms with Crippen LogP contribution in [0, 0.1) is 6.92 Å². The van der Waals surface area contributed by atoms with Crippen LogP contribution in [0.4, 0.5) is 0 Å². The number of ether oxygens (including phenoxy) is 1. The zero-order valence-electron chi connectivity index (χ0n) is 18.9. The molecule has 0 radical (unpaired) electrons. The number of piperazine rings is 1. The van der Waals surface area contributed by atoms with Crippen molar-refractivity contribution in [3.63, 3.8) is 0 Å². The molecule has 2 aromatic carbocycles. The number of carbonyl (C=O) groups excluding carboxylic acids is 4. The lowest BCUT2D eigenvalue weighted by atomic mass is 10.0. The van der Waals surface area contributed by atoms with E-state index in [-0.39, 0.29) is 35.7 Å². The fraction of sp³-hybridized carbons (Fsp3) is 0.360. The second kappa shape index (κ2) is 9.54. The first-order valence-corrected chi connectivity index (χ1v) is 11.1. The quantitative estimate of drug-likeness (QED) is 0.499. The molecular weight excluding hydrogens is 422 g/mol. The van der Waals surface area contributed by atoms with Crippen molar-refractivity contribution in [1.82, 2.24) is 14.7 Å². The summed E-state index contributed by atoms with van der Waals surface area (Å²) < 4.78 is 5.00. The normalized spacial score (nSPS) is 15.8. The van der Waals surface area contributed by atoms with Gasteiger partial charge in [0, 0.05) is 57.6 Å². The largest absolute Gasteiger partial charge is 0.385 e. The lowest BCUT2D eigenvalue weighted by Gasteiger charge is -2.35. The van der Waals surface area contributed by atoms with Crippen LogP contribution in [0.5, 0.6) is 0 Å². The van der Waals surface area contributed by atoms with E-state index in [4.69, 9.17) is 4.74 Å². The van der Waals surface area contributed by atoms with E-state index in [1.807, 2.05) is 31.2 Å². The predicted molar refractivity (Wildman–Crippen MR) is 121 cm³/mol. The van der Waals surface area contributed by atoms with Gasteiger partial charge < -0.3 is 14.5 Å². The van der Waals surface area contributed by atoms with Crippen LogP contribution in [-0.4, -0.2) is 84.8 Å². The average molecular weight is 450 g/mol. The van der Waals surface area contributed by atoms with Crippen molar-refractivity contribution in [3.05, 3.63) is 70.3 Å². The fourth-order valence-corrected chi connectivity index (χ4v) is 4.27. The third-order valence-corrected chi connectivity index (χ3v) is 6.18. The van der Waals surface area contributed by atoms with Crippen molar-refractivity contribution >= 4 is 23.6 Å². The minimum absolute atomic E-state index is 0.0320. The number of imide groups is 1. The molecule has 2 aromatic rings. The van der Waals surface area contributed by atoms with Gasteiger partial charge in [-0.1, -0.05) is 18.2 Å². The molecule has 0 spiro atoms. The minimum Gasteiger partial charge on any atom is -0.385 e. The molecule has 2 aliphatic rings. The molecule has 8 heteroatoms. The van der Waals surface area contributed by atoms with E-state index >= 15 is 0 Å². The number of aryl methyl sites for hydroxylation is 1. The van der Waals surface area contributed by atoms with Crippen molar-refractivity contribution in [2.45, 2.75) is 13.3 Å². The monoisotopic (exact) mass is 449 g/mol. The van der Waals surface area contributed by atoms with E-state index in [1.54, 1.807) is 29.0 Å². The number of nitrogens with zero attached hydrogens (tertiary/aromatic N) is 3. The Bertz CT molecular complexity index is 1100. The molecule has 0 N–H and O–H groups in total. The molecule has 2 heterocycles. The molecule has 8 nitrogen and oxygen atoms in total.